The summed E-state index contributed by atoms with van der Waals surface area (Å²) in [6, 6.07) is 14.5. The maximum Gasteiger partial charge on any atom is 0.228 e. The van der Waals surface area contributed by atoms with Crippen molar-refractivity contribution in [2.75, 3.05) is 18.4 Å². The Labute approximate surface area is 150 Å². The lowest BCUT2D eigenvalue weighted by atomic mass is 9.96. The first kappa shape index (κ1) is 17.1. The number of nitrogens with zero attached hydrogens (tertiary/aromatic N) is 1. The van der Waals surface area contributed by atoms with E-state index in [0.717, 1.165) is 30.4 Å². The van der Waals surface area contributed by atoms with Crippen molar-refractivity contribution in [2.45, 2.75) is 19.4 Å². The Balaban J connectivity index is 1.59. The third-order valence-corrected chi connectivity index (χ3v) is 4.86. The number of piperidine rings is 1. The Morgan fingerprint density at radius 2 is 1.96 bits per heavy atom. The average molecular weight is 391 g/mol. The van der Waals surface area contributed by atoms with Crippen LogP contribution >= 0.6 is 15.9 Å². The van der Waals surface area contributed by atoms with Crippen LogP contribution in [0.1, 0.15) is 18.4 Å². The molecule has 0 bridgehead atoms. The van der Waals surface area contributed by atoms with Gasteiger partial charge >= 0.3 is 0 Å². The molecule has 3 nitrogen and oxygen atoms in total. The standard InChI is InChI=1S/C19H20BrFN2O/c20-16-9-7-14(8-10-16)12-23-11-3-4-15(13-23)19(24)22-18-6-2-1-5-17(18)21/h1-2,5-10,15H,3-4,11-13H2,(H,22,24). The summed E-state index contributed by atoms with van der Waals surface area (Å²) in [4.78, 5) is 14.7. The largest absolute Gasteiger partial charge is 0.323 e. The fraction of sp³-hybridized carbons (Fsp3) is 0.316. The van der Waals surface area contributed by atoms with Gasteiger partial charge in [-0.05, 0) is 49.2 Å². The van der Waals surface area contributed by atoms with Gasteiger partial charge in [0.1, 0.15) is 5.82 Å². The van der Waals surface area contributed by atoms with Crippen LogP contribution in [-0.4, -0.2) is 23.9 Å². The van der Waals surface area contributed by atoms with Crippen LogP contribution in [0, 0.1) is 11.7 Å². The van der Waals surface area contributed by atoms with Crippen LogP contribution in [0.3, 0.4) is 0 Å². The molecule has 0 aromatic heterocycles. The first-order valence-corrected chi connectivity index (χ1v) is 8.93. The number of benzene rings is 2. The van der Waals surface area contributed by atoms with E-state index in [-0.39, 0.29) is 17.5 Å². The average Bonchev–Trinajstić information content (AvgIpc) is 2.59. The van der Waals surface area contributed by atoms with Gasteiger partial charge in [0.05, 0.1) is 11.6 Å². The molecule has 0 radical (unpaired) electrons. The lowest BCUT2D eigenvalue weighted by molar-refractivity contribution is -0.121. The number of carbonyl (C=O) groups excluding carboxylic acids is 1. The first-order chi connectivity index (χ1) is 11.6. The Morgan fingerprint density at radius 3 is 2.71 bits per heavy atom. The zero-order chi connectivity index (χ0) is 16.9. The number of hydrogen-bond donors (Lipinski definition) is 1. The van der Waals surface area contributed by atoms with Gasteiger partial charge in [0.2, 0.25) is 5.91 Å². The van der Waals surface area contributed by atoms with Crippen LogP contribution in [0.4, 0.5) is 10.1 Å². The van der Waals surface area contributed by atoms with Crippen molar-refractivity contribution in [2.24, 2.45) is 5.92 Å². The van der Waals surface area contributed by atoms with Crippen molar-refractivity contribution in [3.8, 4) is 0 Å². The smallest absolute Gasteiger partial charge is 0.228 e. The molecule has 126 valence electrons. The molecule has 1 fully saturated rings. The van der Waals surface area contributed by atoms with Gasteiger partial charge in [0, 0.05) is 17.6 Å². The molecule has 1 unspecified atom stereocenters. The molecule has 2 aromatic carbocycles. The molecule has 0 saturated carbocycles. The molecule has 0 aliphatic carbocycles. The van der Waals surface area contributed by atoms with Crippen LogP contribution in [-0.2, 0) is 11.3 Å². The van der Waals surface area contributed by atoms with Gasteiger partial charge in [-0.1, -0.05) is 40.2 Å². The van der Waals surface area contributed by atoms with E-state index in [1.54, 1.807) is 18.2 Å². The van der Waals surface area contributed by atoms with E-state index >= 15 is 0 Å². The molecule has 24 heavy (non-hydrogen) atoms. The summed E-state index contributed by atoms with van der Waals surface area (Å²) in [6.07, 6.45) is 1.82. The number of rotatable bonds is 4. The predicted octanol–water partition coefficient (Wildman–Crippen LogP) is 4.44. The third-order valence-electron chi connectivity index (χ3n) is 4.33. The number of para-hydroxylation sites is 1. The van der Waals surface area contributed by atoms with Crippen molar-refractivity contribution in [3.63, 3.8) is 0 Å². The van der Waals surface area contributed by atoms with E-state index in [0.29, 0.717) is 6.54 Å². The van der Waals surface area contributed by atoms with Crippen molar-refractivity contribution in [1.82, 2.24) is 4.90 Å². The fourth-order valence-corrected chi connectivity index (χ4v) is 3.32. The van der Waals surface area contributed by atoms with Crippen LogP contribution in [0.5, 0.6) is 0 Å². The molecule has 1 aliphatic rings. The van der Waals surface area contributed by atoms with Gasteiger partial charge in [-0.3, -0.25) is 9.69 Å². The second-order valence-corrected chi connectivity index (χ2v) is 7.09. The zero-order valence-electron chi connectivity index (χ0n) is 13.3. The third kappa shape index (κ3) is 4.42. The van der Waals surface area contributed by atoms with Gasteiger partial charge in [-0.25, -0.2) is 4.39 Å². The van der Waals surface area contributed by atoms with Gasteiger partial charge in [0.25, 0.3) is 0 Å². The second kappa shape index (κ2) is 7.90. The van der Waals surface area contributed by atoms with E-state index in [9.17, 15) is 9.18 Å². The summed E-state index contributed by atoms with van der Waals surface area (Å²) in [5.41, 5.74) is 1.49. The number of carbonyl (C=O) groups is 1. The number of anilines is 1. The normalized spacial score (nSPS) is 18.3. The van der Waals surface area contributed by atoms with Crippen LogP contribution in [0.2, 0.25) is 0 Å². The highest BCUT2D eigenvalue weighted by molar-refractivity contribution is 9.10. The topological polar surface area (TPSA) is 32.3 Å². The molecule has 1 N–H and O–H groups in total. The quantitative estimate of drug-likeness (QED) is 0.836. The Morgan fingerprint density at radius 1 is 1.21 bits per heavy atom. The van der Waals surface area contributed by atoms with E-state index in [1.807, 2.05) is 12.1 Å². The maximum absolute atomic E-state index is 13.7. The molecule has 1 amide bonds. The molecule has 0 spiro atoms. The van der Waals surface area contributed by atoms with Crippen LogP contribution < -0.4 is 5.32 Å². The highest BCUT2D eigenvalue weighted by Gasteiger charge is 2.26. The molecular weight excluding hydrogens is 371 g/mol. The second-order valence-electron chi connectivity index (χ2n) is 6.17. The molecule has 1 saturated heterocycles. The van der Waals surface area contributed by atoms with Gasteiger partial charge in [0.15, 0.2) is 0 Å². The summed E-state index contributed by atoms with van der Waals surface area (Å²) >= 11 is 3.44. The molecular formula is C19H20BrFN2O. The lowest BCUT2D eigenvalue weighted by Gasteiger charge is -2.32. The molecule has 1 atom stereocenters. The van der Waals surface area contributed by atoms with Crippen molar-refractivity contribution < 1.29 is 9.18 Å². The highest BCUT2D eigenvalue weighted by atomic mass is 79.9. The summed E-state index contributed by atoms with van der Waals surface area (Å²) in [7, 11) is 0. The van der Waals surface area contributed by atoms with Crippen molar-refractivity contribution in [3.05, 3.63) is 64.4 Å². The van der Waals surface area contributed by atoms with Crippen molar-refractivity contribution in [1.29, 1.82) is 0 Å². The number of hydrogen-bond acceptors (Lipinski definition) is 2. The molecule has 3 rings (SSSR count). The number of amides is 1. The lowest BCUT2D eigenvalue weighted by Crippen LogP contribution is -2.40. The number of halogens is 2. The first-order valence-electron chi connectivity index (χ1n) is 8.14. The minimum atomic E-state index is -0.395. The maximum atomic E-state index is 13.7. The molecule has 2 aromatic rings. The minimum absolute atomic E-state index is 0.0967. The SMILES string of the molecule is O=C(Nc1ccccc1F)C1CCCN(Cc2ccc(Br)cc2)C1. The van der Waals surface area contributed by atoms with E-state index in [1.165, 1.54) is 11.6 Å². The number of nitrogens with one attached hydrogen (secondary N) is 1. The zero-order valence-corrected chi connectivity index (χ0v) is 14.9. The molecule has 5 heteroatoms. The van der Waals surface area contributed by atoms with E-state index < -0.39 is 5.82 Å². The van der Waals surface area contributed by atoms with Crippen LogP contribution in [0.25, 0.3) is 0 Å². The fourth-order valence-electron chi connectivity index (χ4n) is 3.06. The summed E-state index contributed by atoms with van der Waals surface area (Å²) in [6.45, 7) is 2.52. The molecule has 1 aliphatic heterocycles. The monoisotopic (exact) mass is 390 g/mol. The summed E-state index contributed by atoms with van der Waals surface area (Å²) < 4.78 is 14.7. The predicted molar refractivity (Wildman–Crippen MR) is 97.2 cm³/mol. The van der Waals surface area contributed by atoms with Gasteiger partial charge < -0.3 is 5.32 Å². The van der Waals surface area contributed by atoms with E-state index in [4.69, 9.17) is 0 Å². The number of likely N-dealkylation sites (tertiary alicyclic amines) is 1. The van der Waals surface area contributed by atoms with Gasteiger partial charge in [-0.2, -0.15) is 0 Å². The summed E-state index contributed by atoms with van der Waals surface area (Å²) in [5.74, 6) is -0.595. The van der Waals surface area contributed by atoms with Gasteiger partial charge in [-0.15, -0.1) is 0 Å². The Bertz CT molecular complexity index is 705. The van der Waals surface area contributed by atoms with Crippen LogP contribution in [0.15, 0.2) is 53.0 Å². The minimum Gasteiger partial charge on any atom is -0.323 e. The van der Waals surface area contributed by atoms with E-state index in [2.05, 4.69) is 38.3 Å². The molecule has 1 heterocycles. The van der Waals surface area contributed by atoms with Crippen molar-refractivity contribution >= 4 is 27.5 Å². The Hall–Kier alpha value is -1.72. The summed E-state index contributed by atoms with van der Waals surface area (Å²) in [5, 5.41) is 2.72. The highest BCUT2D eigenvalue weighted by Crippen LogP contribution is 2.22. The Kier molecular flexibility index (Phi) is 5.63.